The molecule has 8 heteroatoms. The molecule has 1 N–H and O–H groups in total. The van der Waals surface area contributed by atoms with Gasteiger partial charge in [-0.1, -0.05) is 0 Å². The molecule has 1 fully saturated rings. The van der Waals surface area contributed by atoms with E-state index in [4.69, 9.17) is 9.84 Å². The number of nitro groups is 1. The SMILES string of the molecule is CN(CC1CCOCC1)c1nc(C(=O)O)ccc1[N+](=O)[O-]. The number of hydrogen-bond acceptors (Lipinski definition) is 6. The second-order valence-corrected chi connectivity index (χ2v) is 5.04. The van der Waals surface area contributed by atoms with Crippen LogP contribution in [0.2, 0.25) is 0 Å². The van der Waals surface area contributed by atoms with Gasteiger partial charge < -0.3 is 14.7 Å². The fourth-order valence-electron chi connectivity index (χ4n) is 2.39. The lowest BCUT2D eigenvalue weighted by Crippen LogP contribution is -2.30. The average molecular weight is 295 g/mol. The van der Waals surface area contributed by atoms with Crippen LogP contribution < -0.4 is 4.90 Å². The van der Waals surface area contributed by atoms with Gasteiger partial charge in [0.2, 0.25) is 5.82 Å². The Morgan fingerprint density at radius 3 is 2.76 bits per heavy atom. The molecule has 1 saturated heterocycles. The number of ether oxygens (including phenoxy) is 1. The number of carboxylic acids is 1. The van der Waals surface area contributed by atoms with Crippen molar-refractivity contribution in [3.8, 4) is 0 Å². The first-order chi connectivity index (χ1) is 9.99. The van der Waals surface area contributed by atoms with Gasteiger partial charge in [-0.05, 0) is 24.8 Å². The Morgan fingerprint density at radius 2 is 2.19 bits per heavy atom. The van der Waals surface area contributed by atoms with Crippen LogP contribution in [0.4, 0.5) is 11.5 Å². The minimum atomic E-state index is -1.20. The van der Waals surface area contributed by atoms with Crippen LogP contribution in [0.15, 0.2) is 12.1 Å². The molecule has 0 radical (unpaired) electrons. The Hall–Kier alpha value is -2.22. The fraction of sp³-hybridized carbons (Fsp3) is 0.538. The monoisotopic (exact) mass is 295 g/mol. The van der Waals surface area contributed by atoms with Crippen molar-refractivity contribution in [1.82, 2.24) is 4.98 Å². The molecular formula is C13H17N3O5. The van der Waals surface area contributed by atoms with Crippen molar-refractivity contribution in [3.63, 3.8) is 0 Å². The Kier molecular flexibility index (Phi) is 4.69. The highest BCUT2D eigenvalue weighted by molar-refractivity contribution is 5.86. The standard InChI is InChI=1S/C13H17N3O5/c1-15(8-9-4-6-21-7-5-9)12-11(16(19)20)3-2-10(14-12)13(17)18/h2-3,9H,4-8H2,1H3,(H,17,18). The third kappa shape index (κ3) is 3.66. The molecule has 0 saturated carbocycles. The van der Waals surface area contributed by atoms with Gasteiger partial charge in [-0.15, -0.1) is 0 Å². The number of anilines is 1. The summed E-state index contributed by atoms with van der Waals surface area (Å²) in [6.45, 7) is 1.95. The third-order valence-electron chi connectivity index (χ3n) is 3.50. The lowest BCUT2D eigenvalue weighted by molar-refractivity contribution is -0.384. The van der Waals surface area contributed by atoms with Gasteiger partial charge in [0.05, 0.1) is 4.92 Å². The molecule has 114 valence electrons. The van der Waals surface area contributed by atoms with E-state index in [1.807, 2.05) is 0 Å². The molecule has 8 nitrogen and oxygen atoms in total. The number of hydrogen-bond donors (Lipinski definition) is 1. The van der Waals surface area contributed by atoms with E-state index < -0.39 is 10.9 Å². The van der Waals surface area contributed by atoms with E-state index in [1.54, 1.807) is 11.9 Å². The Labute approximate surface area is 121 Å². The normalized spacial score (nSPS) is 15.7. The minimum Gasteiger partial charge on any atom is -0.477 e. The summed E-state index contributed by atoms with van der Waals surface area (Å²) in [6.07, 6.45) is 1.77. The fourth-order valence-corrected chi connectivity index (χ4v) is 2.39. The minimum absolute atomic E-state index is 0.0893. The molecule has 0 aliphatic carbocycles. The van der Waals surface area contributed by atoms with E-state index in [0.29, 0.717) is 25.7 Å². The molecule has 0 atom stereocenters. The summed E-state index contributed by atoms with van der Waals surface area (Å²) in [6, 6.07) is 2.33. The van der Waals surface area contributed by atoms with Crippen LogP contribution in [0.5, 0.6) is 0 Å². The number of aromatic carboxylic acids is 1. The van der Waals surface area contributed by atoms with Crippen LogP contribution >= 0.6 is 0 Å². The number of aromatic nitrogens is 1. The quantitative estimate of drug-likeness (QED) is 0.648. The molecule has 1 aliphatic heterocycles. The largest absolute Gasteiger partial charge is 0.477 e. The molecule has 0 unspecified atom stereocenters. The average Bonchev–Trinajstić information content (AvgIpc) is 2.47. The van der Waals surface area contributed by atoms with Crippen molar-refractivity contribution in [2.24, 2.45) is 5.92 Å². The first-order valence-electron chi connectivity index (χ1n) is 6.66. The first kappa shape index (κ1) is 15.2. The highest BCUT2D eigenvalue weighted by atomic mass is 16.6. The summed E-state index contributed by atoms with van der Waals surface area (Å²) in [7, 11) is 1.69. The summed E-state index contributed by atoms with van der Waals surface area (Å²) in [4.78, 5) is 27.1. The summed E-state index contributed by atoms with van der Waals surface area (Å²) in [5, 5.41) is 20.0. The predicted molar refractivity (Wildman–Crippen MR) is 74.7 cm³/mol. The van der Waals surface area contributed by atoms with Gasteiger partial charge in [0.25, 0.3) is 0 Å². The molecule has 0 aromatic carbocycles. The zero-order chi connectivity index (χ0) is 15.4. The van der Waals surface area contributed by atoms with Crippen LogP contribution in [0.25, 0.3) is 0 Å². The maximum Gasteiger partial charge on any atom is 0.354 e. The highest BCUT2D eigenvalue weighted by Crippen LogP contribution is 2.27. The van der Waals surface area contributed by atoms with E-state index in [1.165, 1.54) is 6.07 Å². The van der Waals surface area contributed by atoms with Crippen molar-refractivity contribution in [2.75, 3.05) is 31.7 Å². The molecular weight excluding hydrogens is 278 g/mol. The van der Waals surface area contributed by atoms with E-state index in [0.717, 1.165) is 18.9 Å². The van der Waals surface area contributed by atoms with Gasteiger partial charge in [0.15, 0.2) is 5.69 Å². The van der Waals surface area contributed by atoms with Gasteiger partial charge in [-0.3, -0.25) is 10.1 Å². The summed E-state index contributed by atoms with van der Waals surface area (Å²) in [5.74, 6) is -0.754. The smallest absolute Gasteiger partial charge is 0.354 e. The summed E-state index contributed by atoms with van der Waals surface area (Å²) >= 11 is 0. The topological polar surface area (TPSA) is 106 Å². The number of carboxylic acid groups (broad SMARTS) is 1. The number of nitrogens with zero attached hydrogens (tertiary/aromatic N) is 3. The van der Waals surface area contributed by atoms with E-state index in [2.05, 4.69) is 4.98 Å². The van der Waals surface area contributed by atoms with Crippen molar-refractivity contribution in [3.05, 3.63) is 27.9 Å². The maximum absolute atomic E-state index is 11.1. The maximum atomic E-state index is 11.1. The van der Waals surface area contributed by atoms with E-state index >= 15 is 0 Å². The van der Waals surface area contributed by atoms with Crippen LogP contribution in [0.1, 0.15) is 23.3 Å². The second kappa shape index (κ2) is 6.49. The van der Waals surface area contributed by atoms with E-state index in [9.17, 15) is 14.9 Å². The van der Waals surface area contributed by atoms with Crippen LogP contribution in [0, 0.1) is 16.0 Å². The van der Waals surface area contributed by atoms with Gasteiger partial charge in [0.1, 0.15) is 0 Å². The van der Waals surface area contributed by atoms with Crippen molar-refractivity contribution in [2.45, 2.75) is 12.8 Å². The van der Waals surface area contributed by atoms with Crippen molar-refractivity contribution in [1.29, 1.82) is 0 Å². The van der Waals surface area contributed by atoms with Crippen LogP contribution in [-0.2, 0) is 4.74 Å². The summed E-state index contributed by atoms with van der Waals surface area (Å²) < 4.78 is 5.28. The number of rotatable bonds is 5. The van der Waals surface area contributed by atoms with Crippen LogP contribution in [0.3, 0.4) is 0 Å². The summed E-state index contributed by atoms with van der Waals surface area (Å²) in [5.41, 5.74) is -0.385. The molecule has 0 spiro atoms. The Morgan fingerprint density at radius 1 is 1.52 bits per heavy atom. The molecule has 1 aromatic rings. The van der Waals surface area contributed by atoms with Crippen molar-refractivity contribution < 1.29 is 19.6 Å². The van der Waals surface area contributed by atoms with Gasteiger partial charge in [-0.2, -0.15) is 0 Å². The second-order valence-electron chi connectivity index (χ2n) is 5.04. The number of pyridine rings is 1. The zero-order valence-electron chi connectivity index (χ0n) is 11.7. The van der Waals surface area contributed by atoms with Crippen molar-refractivity contribution >= 4 is 17.5 Å². The molecule has 0 amide bonds. The molecule has 0 bridgehead atoms. The molecule has 2 heterocycles. The Bertz CT molecular complexity index is 543. The van der Waals surface area contributed by atoms with Gasteiger partial charge >= 0.3 is 11.7 Å². The predicted octanol–water partition coefficient (Wildman–Crippen LogP) is 1.55. The highest BCUT2D eigenvalue weighted by Gasteiger charge is 2.24. The Balaban J connectivity index is 2.23. The van der Waals surface area contributed by atoms with Gasteiger partial charge in [-0.25, -0.2) is 9.78 Å². The molecule has 1 aromatic heterocycles. The number of carbonyl (C=O) groups is 1. The van der Waals surface area contributed by atoms with E-state index in [-0.39, 0.29) is 17.2 Å². The molecule has 21 heavy (non-hydrogen) atoms. The van der Waals surface area contributed by atoms with Crippen LogP contribution in [-0.4, -0.2) is 47.8 Å². The molecule has 2 rings (SSSR count). The first-order valence-corrected chi connectivity index (χ1v) is 6.66. The lowest BCUT2D eigenvalue weighted by atomic mass is 10.00. The lowest BCUT2D eigenvalue weighted by Gasteiger charge is -2.27. The third-order valence-corrected chi connectivity index (χ3v) is 3.50. The van der Waals surface area contributed by atoms with Gasteiger partial charge in [0, 0.05) is 32.9 Å². The zero-order valence-corrected chi connectivity index (χ0v) is 11.7. The molecule has 1 aliphatic rings.